The van der Waals surface area contributed by atoms with Gasteiger partial charge >= 0.3 is 0 Å². The van der Waals surface area contributed by atoms with Crippen LogP contribution >= 0.6 is 11.8 Å². The van der Waals surface area contributed by atoms with Gasteiger partial charge in [-0.15, -0.1) is 0 Å². The number of rotatable bonds is 5. The van der Waals surface area contributed by atoms with Crippen LogP contribution in [0.25, 0.3) is 0 Å². The van der Waals surface area contributed by atoms with Crippen molar-refractivity contribution < 1.29 is 0 Å². The molecular formula is C13H22N2S. The monoisotopic (exact) mass is 238 g/mol. The van der Waals surface area contributed by atoms with Crippen molar-refractivity contribution in [3.8, 4) is 0 Å². The van der Waals surface area contributed by atoms with E-state index >= 15 is 0 Å². The highest BCUT2D eigenvalue weighted by atomic mass is 32.2. The maximum absolute atomic E-state index is 5.57. The Hall–Kier alpha value is -0.510. The Bertz CT molecular complexity index is 327. The van der Waals surface area contributed by atoms with Crippen molar-refractivity contribution in [2.24, 2.45) is 5.84 Å². The lowest BCUT2D eigenvalue weighted by molar-refractivity contribution is 0.573. The second kappa shape index (κ2) is 6.28. The molecule has 1 unspecified atom stereocenters. The van der Waals surface area contributed by atoms with Gasteiger partial charge < -0.3 is 0 Å². The van der Waals surface area contributed by atoms with Gasteiger partial charge in [0.1, 0.15) is 0 Å². The first-order valence-corrected chi connectivity index (χ1v) is 6.99. The summed E-state index contributed by atoms with van der Waals surface area (Å²) in [6.07, 6.45) is 3.12. The molecule has 1 atom stereocenters. The van der Waals surface area contributed by atoms with Gasteiger partial charge in [0.05, 0.1) is 0 Å². The van der Waals surface area contributed by atoms with Crippen LogP contribution in [0.4, 0.5) is 0 Å². The van der Waals surface area contributed by atoms with Crippen LogP contribution in [0.2, 0.25) is 0 Å². The Morgan fingerprint density at radius 3 is 2.25 bits per heavy atom. The number of nitrogens with one attached hydrogen (secondary N) is 1. The van der Waals surface area contributed by atoms with Crippen LogP contribution in [0.15, 0.2) is 12.1 Å². The Morgan fingerprint density at radius 2 is 1.81 bits per heavy atom. The van der Waals surface area contributed by atoms with E-state index in [0.29, 0.717) is 6.04 Å². The average Bonchev–Trinajstić information content (AvgIpc) is 2.21. The minimum atomic E-state index is 0.357. The highest BCUT2D eigenvalue weighted by Crippen LogP contribution is 2.18. The zero-order valence-electron chi connectivity index (χ0n) is 10.6. The van der Waals surface area contributed by atoms with Crippen LogP contribution in [-0.4, -0.2) is 18.1 Å². The molecule has 0 amide bonds. The Labute approximate surface area is 103 Å². The molecule has 0 bridgehead atoms. The molecule has 0 heterocycles. The minimum absolute atomic E-state index is 0.357. The highest BCUT2D eigenvalue weighted by molar-refractivity contribution is 7.98. The van der Waals surface area contributed by atoms with E-state index in [1.807, 2.05) is 11.8 Å². The van der Waals surface area contributed by atoms with E-state index in [4.69, 9.17) is 5.84 Å². The predicted molar refractivity (Wildman–Crippen MR) is 73.9 cm³/mol. The van der Waals surface area contributed by atoms with E-state index in [0.717, 1.165) is 12.2 Å². The topological polar surface area (TPSA) is 38.0 Å². The Kier molecular flexibility index (Phi) is 5.32. The fourth-order valence-electron chi connectivity index (χ4n) is 2.15. The first kappa shape index (κ1) is 13.6. The van der Waals surface area contributed by atoms with E-state index in [1.54, 1.807) is 0 Å². The summed E-state index contributed by atoms with van der Waals surface area (Å²) in [6.45, 7) is 6.51. The first-order chi connectivity index (χ1) is 7.58. The van der Waals surface area contributed by atoms with Crippen LogP contribution in [0.5, 0.6) is 0 Å². The van der Waals surface area contributed by atoms with Gasteiger partial charge in [0.2, 0.25) is 0 Å². The number of hydrazine groups is 1. The predicted octanol–water partition coefficient (Wildman–Crippen LogP) is 2.35. The van der Waals surface area contributed by atoms with Crippen molar-refractivity contribution in [1.29, 1.82) is 0 Å². The number of nitrogens with two attached hydrogens (primary N) is 1. The third kappa shape index (κ3) is 3.51. The smallest absolute Gasteiger partial charge is 0.0341 e. The molecule has 0 aliphatic carbocycles. The number of benzene rings is 1. The zero-order chi connectivity index (χ0) is 12.1. The molecular weight excluding hydrogens is 216 g/mol. The maximum Gasteiger partial charge on any atom is 0.0341 e. The summed E-state index contributed by atoms with van der Waals surface area (Å²) >= 11 is 1.83. The lowest BCUT2D eigenvalue weighted by Gasteiger charge is -2.18. The Morgan fingerprint density at radius 1 is 1.25 bits per heavy atom. The summed E-state index contributed by atoms with van der Waals surface area (Å²) in [5.41, 5.74) is 8.41. The summed E-state index contributed by atoms with van der Waals surface area (Å²) in [6, 6.07) is 4.85. The lowest BCUT2D eigenvalue weighted by atomic mass is 9.95. The van der Waals surface area contributed by atoms with Gasteiger partial charge in [-0.05, 0) is 50.1 Å². The second-order valence-corrected chi connectivity index (χ2v) is 5.31. The van der Waals surface area contributed by atoms with Gasteiger partial charge in [-0.3, -0.25) is 11.3 Å². The molecule has 3 N–H and O–H groups in total. The van der Waals surface area contributed by atoms with Crippen LogP contribution < -0.4 is 11.3 Å². The molecule has 90 valence electrons. The summed E-state index contributed by atoms with van der Waals surface area (Å²) < 4.78 is 0. The van der Waals surface area contributed by atoms with E-state index in [1.165, 1.54) is 22.3 Å². The minimum Gasteiger partial charge on any atom is -0.271 e. The molecule has 16 heavy (non-hydrogen) atoms. The quantitative estimate of drug-likeness (QED) is 0.611. The summed E-state index contributed by atoms with van der Waals surface area (Å²) in [5, 5.41) is 0. The van der Waals surface area contributed by atoms with Gasteiger partial charge in [0.25, 0.3) is 0 Å². The van der Waals surface area contributed by atoms with Gasteiger partial charge in [0.15, 0.2) is 0 Å². The van der Waals surface area contributed by atoms with E-state index in [-0.39, 0.29) is 0 Å². The molecule has 3 heteroatoms. The average molecular weight is 238 g/mol. The van der Waals surface area contributed by atoms with E-state index in [2.05, 4.69) is 44.6 Å². The van der Waals surface area contributed by atoms with Gasteiger partial charge in [-0.2, -0.15) is 11.8 Å². The molecule has 0 saturated heterocycles. The van der Waals surface area contributed by atoms with Crippen molar-refractivity contribution >= 4 is 11.8 Å². The molecule has 1 aromatic carbocycles. The second-order valence-electron chi connectivity index (χ2n) is 4.40. The highest BCUT2D eigenvalue weighted by Gasteiger charge is 2.11. The van der Waals surface area contributed by atoms with Crippen LogP contribution in [-0.2, 0) is 6.42 Å². The molecule has 0 saturated carbocycles. The standard InChI is InChI=1S/C13H22N2S/c1-9-5-10(2)13(11(3)6-9)7-12(15-14)8-16-4/h5-6,12,15H,7-8,14H2,1-4H3. The SMILES string of the molecule is CSCC(Cc1c(C)cc(C)cc1C)NN. The third-order valence-electron chi connectivity index (χ3n) is 2.89. The summed E-state index contributed by atoms with van der Waals surface area (Å²) in [4.78, 5) is 0. The number of hydrogen-bond donors (Lipinski definition) is 2. The Balaban J connectivity index is 2.87. The molecule has 1 rings (SSSR count). The number of thioether (sulfide) groups is 1. The fourth-order valence-corrected chi connectivity index (χ4v) is 2.76. The van der Waals surface area contributed by atoms with Crippen LogP contribution in [0.1, 0.15) is 22.3 Å². The molecule has 0 spiro atoms. The third-order valence-corrected chi connectivity index (χ3v) is 3.63. The van der Waals surface area contributed by atoms with Crippen molar-refractivity contribution in [3.63, 3.8) is 0 Å². The van der Waals surface area contributed by atoms with Crippen LogP contribution in [0, 0.1) is 20.8 Å². The molecule has 1 aromatic rings. The van der Waals surface area contributed by atoms with Gasteiger partial charge in [-0.1, -0.05) is 17.7 Å². The molecule has 0 fully saturated rings. The normalized spacial score (nSPS) is 12.8. The molecule has 0 radical (unpaired) electrons. The largest absolute Gasteiger partial charge is 0.271 e. The summed E-state index contributed by atoms with van der Waals surface area (Å²) in [5.74, 6) is 6.62. The number of hydrogen-bond acceptors (Lipinski definition) is 3. The van der Waals surface area contributed by atoms with Gasteiger partial charge in [-0.25, -0.2) is 0 Å². The molecule has 0 aromatic heterocycles. The van der Waals surface area contributed by atoms with Crippen molar-refractivity contribution in [2.75, 3.05) is 12.0 Å². The van der Waals surface area contributed by atoms with E-state index in [9.17, 15) is 0 Å². The zero-order valence-corrected chi connectivity index (χ0v) is 11.4. The molecule has 0 aliphatic heterocycles. The molecule has 2 nitrogen and oxygen atoms in total. The molecule has 0 aliphatic rings. The summed E-state index contributed by atoms with van der Waals surface area (Å²) in [7, 11) is 0. The van der Waals surface area contributed by atoms with Gasteiger partial charge in [0, 0.05) is 11.8 Å². The lowest BCUT2D eigenvalue weighted by Crippen LogP contribution is -2.39. The first-order valence-electron chi connectivity index (χ1n) is 5.60. The van der Waals surface area contributed by atoms with Crippen molar-refractivity contribution in [1.82, 2.24) is 5.43 Å². The van der Waals surface area contributed by atoms with Crippen LogP contribution in [0.3, 0.4) is 0 Å². The van der Waals surface area contributed by atoms with E-state index < -0.39 is 0 Å². The van der Waals surface area contributed by atoms with Crippen molar-refractivity contribution in [2.45, 2.75) is 33.2 Å². The maximum atomic E-state index is 5.57. The van der Waals surface area contributed by atoms with Crippen molar-refractivity contribution in [3.05, 3.63) is 34.4 Å². The number of aryl methyl sites for hydroxylation is 3. The fraction of sp³-hybridized carbons (Fsp3) is 0.538.